The molecular weight excluding hydrogens is 390 g/mol. The van der Waals surface area contributed by atoms with E-state index in [-0.39, 0.29) is 12.0 Å². The number of aliphatic hydroxyl groups is 1. The SMILES string of the molecule is CC(O)CNc1nc(Nc2ccc(Cl)c(N)c2)c2nnc(C(C)C)c-2n1C(C)C. The fourth-order valence-corrected chi connectivity index (χ4v) is 3.25. The van der Waals surface area contributed by atoms with E-state index in [0.29, 0.717) is 34.7 Å². The van der Waals surface area contributed by atoms with Crippen LogP contribution < -0.4 is 16.4 Å². The van der Waals surface area contributed by atoms with Crippen LogP contribution in [0.3, 0.4) is 0 Å². The fraction of sp³-hybridized carbons (Fsp3) is 0.450. The first-order valence-corrected chi connectivity index (χ1v) is 10.1. The third-order valence-corrected chi connectivity index (χ3v) is 4.86. The first-order chi connectivity index (χ1) is 13.7. The predicted octanol–water partition coefficient (Wildman–Crippen LogP) is 4.25. The zero-order valence-corrected chi connectivity index (χ0v) is 18.1. The third-order valence-electron chi connectivity index (χ3n) is 4.51. The maximum absolute atomic E-state index is 9.75. The molecule has 1 unspecified atom stereocenters. The van der Waals surface area contributed by atoms with Crippen LogP contribution in [0.2, 0.25) is 5.02 Å². The summed E-state index contributed by atoms with van der Waals surface area (Å²) in [6.07, 6.45) is -0.513. The summed E-state index contributed by atoms with van der Waals surface area (Å²) in [6, 6.07) is 5.43. The highest BCUT2D eigenvalue weighted by molar-refractivity contribution is 6.33. The second-order valence-corrected chi connectivity index (χ2v) is 8.18. The van der Waals surface area contributed by atoms with E-state index in [9.17, 15) is 5.11 Å². The summed E-state index contributed by atoms with van der Waals surface area (Å²) in [4.78, 5) is 4.77. The average molecular weight is 418 g/mol. The normalized spacial score (nSPS) is 12.7. The molecule has 2 aliphatic rings. The van der Waals surface area contributed by atoms with Gasteiger partial charge in [0.05, 0.1) is 28.2 Å². The second-order valence-electron chi connectivity index (χ2n) is 7.78. The largest absolute Gasteiger partial charge is 0.397 e. The first kappa shape index (κ1) is 21.1. The number of aromatic nitrogens is 4. The fourth-order valence-electron chi connectivity index (χ4n) is 3.14. The Kier molecular flexibility index (Phi) is 6.14. The van der Waals surface area contributed by atoms with Crippen molar-refractivity contribution in [2.24, 2.45) is 0 Å². The molecule has 0 fully saturated rings. The molecule has 8 nitrogen and oxygen atoms in total. The Morgan fingerprint density at radius 2 is 1.90 bits per heavy atom. The van der Waals surface area contributed by atoms with Gasteiger partial charge < -0.3 is 26.0 Å². The number of nitrogens with zero attached hydrogens (tertiary/aromatic N) is 4. The highest BCUT2D eigenvalue weighted by Crippen LogP contribution is 2.38. The van der Waals surface area contributed by atoms with Crippen molar-refractivity contribution in [1.82, 2.24) is 19.7 Å². The van der Waals surface area contributed by atoms with Gasteiger partial charge in [0, 0.05) is 18.3 Å². The van der Waals surface area contributed by atoms with E-state index in [0.717, 1.165) is 17.1 Å². The molecule has 0 saturated carbocycles. The van der Waals surface area contributed by atoms with Gasteiger partial charge in [-0.25, -0.2) is 0 Å². The van der Waals surface area contributed by atoms with E-state index in [1.165, 1.54) is 0 Å². The van der Waals surface area contributed by atoms with E-state index >= 15 is 0 Å². The number of rotatable bonds is 7. The predicted molar refractivity (Wildman–Crippen MR) is 118 cm³/mol. The number of nitrogen functional groups attached to an aromatic ring is 1. The number of nitrogens with one attached hydrogen (secondary N) is 2. The number of aliphatic hydroxyl groups excluding tert-OH is 1. The van der Waals surface area contributed by atoms with E-state index in [4.69, 9.17) is 22.3 Å². The van der Waals surface area contributed by atoms with E-state index in [1.807, 2.05) is 6.07 Å². The lowest BCUT2D eigenvalue weighted by Crippen LogP contribution is -2.22. The molecule has 0 saturated heterocycles. The molecular formula is C20H28ClN7O. The molecule has 0 aromatic heterocycles. The molecule has 0 spiro atoms. The van der Waals surface area contributed by atoms with Crippen molar-refractivity contribution in [3.63, 3.8) is 0 Å². The van der Waals surface area contributed by atoms with Crippen LogP contribution in [0.5, 0.6) is 0 Å². The van der Waals surface area contributed by atoms with E-state index < -0.39 is 6.10 Å². The Morgan fingerprint density at radius 1 is 1.17 bits per heavy atom. The van der Waals surface area contributed by atoms with E-state index in [1.54, 1.807) is 19.1 Å². The maximum atomic E-state index is 9.75. The molecule has 1 atom stereocenters. The van der Waals surface area contributed by atoms with Crippen LogP contribution in [-0.2, 0) is 0 Å². The molecule has 0 amide bonds. The molecule has 1 aromatic carbocycles. The molecule has 1 aromatic rings. The van der Waals surface area contributed by atoms with Crippen molar-refractivity contribution in [2.75, 3.05) is 22.9 Å². The molecule has 9 heteroatoms. The lowest BCUT2D eigenvalue weighted by Gasteiger charge is -2.24. The Bertz CT molecular complexity index is 968. The molecule has 2 heterocycles. The molecule has 3 rings (SSSR count). The van der Waals surface area contributed by atoms with Gasteiger partial charge in [-0.1, -0.05) is 25.4 Å². The quantitative estimate of drug-likeness (QED) is 0.425. The standard InChI is InChI=1S/C20H28ClN7O/c1-10(2)16-18-17(27-26-16)19(24-13-6-7-14(21)15(22)8-13)25-20(23-9-12(5)29)28(18)11(3)4/h6-8,10-12,24,29H,9,22H2,1-5H3,(H,23,25). The molecule has 0 aliphatic carbocycles. The molecule has 0 bridgehead atoms. The number of benzene rings is 1. The number of fused-ring (bicyclic) bond motifs is 1. The molecule has 0 radical (unpaired) electrons. The monoisotopic (exact) mass is 417 g/mol. The smallest absolute Gasteiger partial charge is 0.205 e. The second kappa shape index (κ2) is 8.42. The highest BCUT2D eigenvalue weighted by atomic mass is 35.5. The van der Waals surface area contributed by atoms with Crippen LogP contribution in [0.15, 0.2) is 18.2 Å². The zero-order chi connectivity index (χ0) is 21.3. The van der Waals surface area contributed by atoms with Crippen LogP contribution in [0, 0.1) is 0 Å². The lowest BCUT2D eigenvalue weighted by molar-refractivity contribution is 0.208. The third kappa shape index (κ3) is 4.38. The van der Waals surface area contributed by atoms with Gasteiger partial charge in [-0.05, 0) is 44.9 Å². The average Bonchev–Trinajstić information content (AvgIpc) is 3.08. The van der Waals surface area contributed by atoms with Crippen LogP contribution >= 0.6 is 11.6 Å². The Labute approximate surface area is 175 Å². The van der Waals surface area contributed by atoms with Crippen molar-refractivity contribution < 1.29 is 5.11 Å². The van der Waals surface area contributed by atoms with Crippen molar-refractivity contribution in [3.8, 4) is 11.4 Å². The van der Waals surface area contributed by atoms with Gasteiger partial charge in [0.1, 0.15) is 0 Å². The highest BCUT2D eigenvalue weighted by Gasteiger charge is 2.28. The van der Waals surface area contributed by atoms with Crippen LogP contribution in [0.1, 0.15) is 52.3 Å². The van der Waals surface area contributed by atoms with Gasteiger partial charge >= 0.3 is 0 Å². The minimum Gasteiger partial charge on any atom is -0.397 e. The lowest BCUT2D eigenvalue weighted by atomic mass is 10.1. The summed E-state index contributed by atoms with van der Waals surface area (Å²) >= 11 is 6.04. The van der Waals surface area contributed by atoms with E-state index in [2.05, 4.69) is 53.1 Å². The van der Waals surface area contributed by atoms with Gasteiger partial charge in [-0.2, -0.15) is 10.1 Å². The van der Waals surface area contributed by atoms with Gasteiger partial charge in [0.25, 0.3) is 0 Å². The Hall–Kier alpha value is -2.58. The molecule has 2 aliphatic heterocycles. The molecule has 5 N–H and O–H groups in total. The van der Waals surface area contributed by atoms with Crippen molar-refractivity contribution >= 4 is 34.7 Å². The van der Waals surface area contributed by atoms with Gasteiger partial charge in [-0.3, -0.25) is 0 Å². The van der Waals surface area contributed by atoms with Gasteiger partial charge in [0.2, 0.25) is 5.95 Å². The summed E-state index contributed by atoms with van der Waals surface area (Å²) in [5, 5.41) is 25.7. The van der Waals surface area contributed by atoms with Crippen molar-refractivity contribution in [1.29, 1.82) is 0 Å². The molecule has 29 heavy (non-hydrogen) atoms. The van der Waals surface area contributed by atoms with Gasteiger partial charge in [0.15, 0.2) is 11.5 Å². The van der Waals surface area contributed by atoms with Gasteiger partial charge in [-0.15, -0.1) is 5.10 Å². The summed E-state index contributed by atoms with van der Waals surface area (Å²) < 4.78 is 2.08. The minimum absolute atomic E-state index is 0.116. The topological polar surface area (TPSA) is 114 Å². The number of hydrogen-bond acceptors (Lipinski definition) is 7. The first-order valence-electron chi connectivity index (χ1n) is 9.71. The minimum atomic E-state index is -0.513. The van der Waals surface area contributed by atoms with Crippen LogP contribution in [-0.4, -0.2) is 37.5 Å². The Balaban J connectivity index is 2.17. The summed E-state index contributed by atoms with van der Waals surface area (Å²) in [7, 11) is 0. The molecule has 156 valence electrons. The zero-order valence-electron chi connectivity index (χ0n) is 17.4. The summed E-state index contributed by atoms with van der Waals surface area (Å²) in [6.45, 7) is 10.4. The Morgan fingerprint density at radius 3 is 2.48 bits per heavy atom. The van der Waals surface area contributed by atoms with Crippen LogP contribution in [0.25, 0.3) is 11.4 Å². The maximum Gasteiger partial charge on any atom is 0.205 e. The number of halogens is 1. The van der Waals surface area contributed by atoms with Crippen LogP contribution in [0.4, 0.5) is 23.1 Å². The van der Waals surface area contributed by atoms with Crippen molar-refractivity contribution in [3.05, 3.63) is 28.9 Å². The number of anilines is 4. The number of hydrogen-bond donors (Lipinski definition) is 4. The summed E-state index contributed by atoms with van der Waals surface area (Å²) in [5.41, 5.74) is 9.66. The number of nitrogens with two attached hydrogens (primary N) is 1. The summed E-state index contributed by atoms with van der Waals surface area (Å²) in [5.74, 6) is 1.39. The van der Waals surface area contributed by atoms with Crippen molar-refractivity contribution in [2.45, 2.75) is 52.7 Å².